The van der Waals surface area contributed by atoms with Crippen molar-refractivity contribution in [3.63, 3.8) is 0 Å². The van der Waals surface area contributed by atoms with Gasteiger partial charge in [0, 0.05) is 16.3 Å². The minimum absolute atomic E-state index is 0.0663. The van der Waals surface area contributed by atoms with Gasteiger partial charge in [-0.15, -0.1) is 0 Å². The Bertz CT molecular complexity index is 1030. The molecule has 3 aromatic rings. The molecule has 3 N–H and O–H groups in total. The van der Waals surface area contributed by atoms with Crippen molar-refractivity contribution in [3.8, 4) is 11.1 Å². The topological polar surface area (TPSA) is 109 Å². The van der Waals surface area contributed by atoms with Crippen LogP contribution in [0.5, 0.6) is 0 Å². The first-order valence-electron chi connectivity index (χ1n) is 8.17. The van der Waals surface area contributed by atoms with Crippen LogP contribution < -0.4 is 10.6 Å². The Morgan fingerprint density at radius 3 is 2.46 bits per heavy atom. The van der Waals surface area contributed by atoms with Crippen LogP contribution in [0.1, 0.15) is 16.8 Å². The zero-order valence-electron chi connectivity index (χ0n) is 14.4. The smallest absolute Gasteiger partial charge is 0.337 e. The molecule has 0 fully saturated rings. The highest BCUT2D eigenvalue weighted by molar-refractivity contribution is 6.31. The van der Waals surface area contributed by atoms with Crippen molar-refractivity contribution in [1.29, 1.82) is 0 Å². The molecule has 3 rings (SSSR count). The second-order valence-corrected chi connectivity index (χ2v) is 6.30. The molecule has 28 heavy (non-hydrogen) atoms. The SMILES string of the molecule is O=C(CC(=O)Nc1ccc(Cl)cc1C(=O)O)Nc1cccc(-c2ccoc2)c1. The van der Waals surface area contributed by atoms with Gasteiger partial charge in [-0.2, -0.15) is 0 Å². The van der Waals surface area contributed by atoms with Crippen LogP contribution in [0.2, 0.25) is 5.02 Å². The Morgan fingerprint density at radius 1 is 0.964 bits per heavy atom. The van der Waals surface area contributed by atoms with E-state index < -0.39 is 24.2 Å². The minimum atomic E-state index is -1.24. The van der Waals surface area contributed by atoms with E-state index in [2.05, 4.69) is 10.6 Å². The molecule has 2 aromatic carbocycles. The first-order valence-corrected chi connectivity index (χ1v) is 8.55. The number of amides is 2. The summed E-state index contributed by atoms with van der Waals surface area (Å²) in [7, 11) is 0. The van der Waals surface area contributed by atoms with E-state index in [4.69, 9.17) is 16.0 Å². The van der Waals surface area contributed by atoms with Gasteiger partial charge in [-0.25, -0.2) is 4.79 Å². The molecular formula is C20H15ClN2O5. The number of carbonyl (C=O) groups excluding carboxylic acids is 2. The molecule has 0 unspecified atom stereocenters. The van der Waals surface area contributed by atoms with Crippen LogP contribution in [0.25, 0.3) is 11.1 Å². The fourth-order valence-corrected chi connectivity index (χ4v) is 2.73. The van der Waals surface area contributed by atoms with Crippen LogP contribution in [-0.4, -0.2) is 22.9 Å². The van der Waals surface area contributed by atoms with Gasteiger partial charge in [-0.1, -0.05) is 23.7 Å². The lowest BCUT2D eigenvalue weighted by Gasteiger charge is -2.10. The fraction of sp³-hybridized carbons (Fsp3) is 0.0500. The second-order valence-electron chi connectivity index (χ2n) is 5.86. The summed E-state index contributed by atoms with van der Waals surface area (Å²) in [4.78, 5) is 35.5. The number of hydrogen-bond donors (Lipinski definition) is 3. The highest BCUT2D eigenvalue weighted by Gasteiger charge is 2.15. The van der Waals surface area contributed by atoms with Crippen molar-refractivity contribution in [1.82, 2.24) is 0 Å². The highest BCUT2D eigenvalue weighted by Crippen LogP contribution is 2.23. The molecule has 0 aliphatic heterocycles. The van der Waals surface area contributed by atoms with Gasteiger partial charge in [-0.3, -0.25) is 9.59 Å². The van der Waals surface area contributed by atoms with E-state index in [1.165, 1.54) is 18.2 Å². The Kier molecular flexibility index (Phi) is 5.76. The van der Waals surface area contributed by atoms with Gasteiger partial charge in [0.15, 0.2) is 0 Å². The molecule has 0 spiro atoms. The molecule has 0 aliphatic carbocycles. The third kappa shape index (κ3) is 4.77. The Hall–Kier alpha value is -3.58. The Morgan fingerprint density at radius 2 is 1.75 bits per heavy atom. The normalized spacial score (nSPS) is 10.3. The Balaban J connectivity index is 1.63. The summed E-state index contributed by atoms with van der Waals surface area (Å²) in [5.41, 5.74) is 2.14. The number of nitrogens with one attached hydrogen (secondary N) is 2. The van der Waals surface area contributed by atoms with Crippen molar-refractivity contribution >= 4 is 40.8 Å². The summed E-state index contributed by atoms with van der Waals surface area (Å²) in [6.07, 6.45) is 2.66. The van der Waals surface area contributed by atoms with Crippen molar-refractivity contribution in [2.45, 2.75) is 6.42 Å². The Labute approximate surface area is 164 Å². The van der Waals surface area contributed by atoms with Crippen molar-refractivity contribution in [2.24, 2.45) is 0 Å². The summed E-state index contributed by atoms with van der Waals surface area (Å²) in [5, 5.41) is 14.5. The maximum Gasteiger partial charge on any atom is 0.337 e. The molecule has 8 heteroatoms. The number of benzene rings is 2. The second kappa shape index (κ2) is 8.41. The van der Waals surface area contributed by atoms with E-state index >= 15 is 0 Å². The summed E-state index contributed by atoms with van der Waals surface area (Å²) in [6, 6.07) is 12.9. The number of hydrogen-bond acceptors (Lipinski definition) is 4. The monoisotopic (exact) mass is 398 g/mol. The molecule has 0 saturated heterocycles. The molecule has 0 bridgehead atoms. The molecule has 2 amide bonds. The number of aromatic carboxylic acids is 1. The van der Waals surface area contributed by atoms with Crippen LogP contribution >= 0.6 is 11.6 Å². The van der Waals surface area contributed by atoms with Crippen LogP contribution in [0.15, 0.2) is 65.5 Å². The van der Waals surface area contributed by atoms with Gasteiger partial charge >= 0.3 is 5.97 Å². The lowest BCUT2D eigenvalue weighted by Crippen LogP contribution is -2.22. The van der Waals surface area contributed by atoms with Crippen LogP contribution in [-0.2, 0) is 9.59 Å². The molecule has 0 saturated carbocycles. The van der Waals surface area contributed by atoms with Gasteiger partial charge < -0.3 is 20.2 Å². The van der Waals surface area contributed by atoms with Gasteiger partial charge in [0.25, 0.3) is 0 Å². The third-order valence-corrected chi connectivity index (χ3v) is 4.04. The minimum Gasteiger partial charge on any atom is -0.478 e. The third-order valence-electron chi connectivity index (χ3n) is 3.81. The summed E-state index contributed by atoms with van der Waals surface area (Å²) < 4.78 is 5.04. The van der Waals surface area contributed by atoms with Gasteiger partial charge in [0.05, 0.1) is 23.8 Å². The molecule has 1 aromatic heterocycles. The molecule has 0 radical (unpaired) electrons. The van der Waals surface area contributed by atoms with E-state index in [1.807, 2.05) is 6.07 Å². The zero-order chi connectivity index (χ0) is 20.1. The highest BCUT2D eigenvalue weighted by atomic mass is 35.5. The molecular weight excluding hydrogens is 384 g/mol. The summed E-state index contributed by atoms with van der Waals surface area (Å²) in [6.45, 7) is 0. The number of furan rings is 1. The van der Waals surface area contributed by atoms with Crippen molar-refractivity contribution < 1.29 is 23.9 Å². The van der Waals surface area contributed by atoms with Gasteiger partial charge in [0.1, 0.15) is 6.42 Å². The lowest BCUT2D eigenvalue weighted by molar-refractivity contribution is -0.123. The van der Waals surface area contributed by atoms with Gasteiger partial charge in [0.2, 0.25) is 11.8 Å². The number of halogens is 1. The van der Waals surface area contributed by atoms with E-state index in [0.717, 1.165) is 11.1 Å². The number of carboxylic acid groups (broad SMARTS) is 1. The van der Waals surface area contributed by atoms with Crippen LogP contribution in [0.4, 0.5) is 11.4 Å². The van der Waals surface area contributed by atoms with E-state index in [-0.39, 0.29) is 16.3 Å². The predicted octanol–water partition coefficient (Wildman–Crippen LogP) is 4.27. The first kappa shape index (κ1) is 19.2. The predicted molar refractivity (Wildman–Crippen MR) is 104 cm³/mol. The average Bonchev–Trinajstić information content (AvgIpc) is 3.18. The molecule has 142 valence electrons. The van der Waals surface area contributed by atoms with Crippen LogP contribution in [0, 0.1) is 0 Å². The average molecular weight is 399 g/mol. The zero-order valence-corrected chi connectivity index (χ0v) is 15.2. The number of carboxylic acids is 1. The molecule has 0 atom stereocenters. The maximum absolute atomic E-state index is 12.2. The standard InChI is InChI=1S/C20H15ClN2O5/c21-14-4-5-17(16(9-14)20(26)27)23-19(25)10-18(24)22-15-3-1-2-12(8-15)13-6-7-28-11-13/h1-9,11H,10H2,(H,22,24)(H,23,25)(H,26,27). The largest absolute Gasteiger partial charge is 0.478 e. The number of rotatable bonds is 6. The number of anilines is 2. The fourth-order valence-electron chi connectivity index (χ4n) is 2.55. The van der Waals surface area contributed by atoms with Crippen LogP contribution in [0.3, 0.4) is 0 Å². The molecule has 0 aliphatic rings. The number of carbonyl (C=O) groups is 3. The summed E-state index contributed by atoms with van der Waals surface area (Å²) in [5.74, 6) is -2.42. The summed E-state index contributed by atoms with van der Waals surface area (Å²) >= 11 is 5.78. The quantitative estimate of drug-likeness (QED) is 0.537. The van der Waals surface area contributed by atoms with Crippen molar-refractivity contribution in [3.05, 3.63) is 71.6 Å². The van der Waals surface area contributed by atoms with Gasteiger partial charge in [-0.05, 0) is 42.0 Å². The molecule has 1 heterocycles. The van der Waals surface area contributed by atoms with Crippen molar-refractivity contribution in [2.75, 3.05) is 10.6 Å². The van der Waals surface area contributed by atoms with E-state index in [1.54, 1.807) is 36.8 Å². The molecule has 7 nitrogen and oxygen atoms in total. The first-order chi connectivity index (χ1) is 13.4. The lowest BCUT2D eigenvalue weighted by atomic mass is 10.1. The maximum atomic E-state index is 12.2. The van der Waals surface area contributed by atoms with E-state index in [0.29, 0.717) is 5.69 Å². The van der Waals surface area contributed by atoms with E-state index in [9.17, 15) is 19.5 Å².